The molecule has 1 unspecified atom stereocenters. The van der Waals surface area contributed by atoms with E-state index in [-0.39, 0.29) is 0 Å². The van der Waals surface area contributed by atoms with E-state index in [1.54, 1.807) is 0 Å². The lowest BCUT2D eigenvalue weighted by atomic mass is 9.94. The number of nitrogens with one attached hydrogen (secondary N) is 1. The molecule has 128 valence electrons. The van der Waals surface area contributed by atoms with Crippen LogP contribution in [0.3, 0.4) is 0 Å². The Balaban J connectivity index is 1.45. The van der Waals surface area contributed by atoms with Crippen molar-refractivity contribution in [1.82, 2.24) is 15.1 Å². The summed E-state index contributed by atoms with van der Waals surface area (Å²) >= 11 is 5.98. The second-order valence-corrected chi connectivity index (χ2v) is 7.21. The predicted octanol–water partition coefficient (Wildman–Crippen LogP) is 5.11. The molecule has 1 aliphatic rings. The minimum absolute atomic E-state index is 0.495. The van der Waals surface area contributed by atoms with Gasteiger partial charge in [0.15, 0.2) is 0 Å². The minimum atomic E-state index is 0.495. The number of benzene rings is 2. The van der Waals surface area contributed by atoms with Gasteiger partial charge in [-0.15, -0.1) is 0 Å². The molecule has 3 nitrogen and oxygen atoms in total. The average Bonchev–Trinajstić information content (AvgIpc) is 3.14. The van der Waals surface area contributed by atoms with Crippen molar-refractivity contribution in [2.24, 2.45) is 0 Å². The molecule has 1 saturated heterocycles. The quantitative estimate of drug-likeness (QED) is 0.708. The van der Waals surface area contributed by atoms with E-state index in [4.69, 9.17) is 11.6 Å². The lowest BCUT2D eigenvalue weighted by Crippen LogP contribution is -2.34. The summed E-state index contributed by atoms with van der Waals surface area (Å²) in [4.78, 5) is 2.54. The molecular weight excluding hydrogens is 330 g/mol. The van der Waals surface area contributed by atoms with Crippen molar-refractivity contribution >= 4 is 11.6 Å². The van der Waals surface area contributed by atoms with Crippen molar-refractivity contribution in [3.63, 3.8) is 0 Å². The second-order valence-electron chi connectivity index (χ2n) is 6.77. The maximum Gasteiger partial charge on any atom is 0.0672 e. The monoisotopic (exact) mass is 351 g/mol. The summed E-state index contributed by atoms with van der Waals surface area (Å²) in [5.74, 6) is 0.495. The van der Waals surface area contributed by atoms with Gasteiger partial charge in [-0.1, -0.05) is 54.1 Å². The summed E-state index contributed by atoms with van der Waals surface area (Å²) < 4.78 is 0. The Morgan fingerprint density at radius 1 is 1.08 bits per heavy atom. The molecule has 0 spiro atoms. The Morgan fingerprint density at radius 3 is 2.68 bits per heavy atom. The van der Waals surface area contributed by atoms with Gasteiger partial charge in [-0.25, -0.2) is 0 Å². The number of H-pyrrole nitrogens is 1. The number of aromatic amines is 1. The molecule has 1 fully saturated rings. The van der Waals surface area contributed by atoms with Gasteiger partial charge in [-0.05, 0) is 48.7 Å². The first-order valence-electron chi connectivity index (χ1n) is 8.85. The van der Waals surface area contributed by atoms with E-state index in [0.29, 0.717) is 5.92 Å². The summed E-state index contributed by atoms with van der Waals surface area (Å²) in [7, 11) is 0. The summed E-state index contributed by atoms with van der Waals surface area (Å²) in [5.41, 5.74) is 4.74. The van der Waals surface area contributed by atoms with Crippen LogP contribution < -0.4 is 0 Å². The largest absolute Gasteiger partial charge is 0.298 e. The third-order valence-electron chi connectivity index (χ3n) is 4.93. The summed E-state index contributed by atoms with van der Waals surface area (Å²) in [5, 5.41) is 8.54. The van der Waals surface area contributed by atoms with Crippen LogP contribution in [0.15, 0.2) is 60.7 Å². The van der Waals surface area contributed by atoms with Crippen LogP contribution in [0.4, 0.5) is 0 Å². The topological polar surface area (TPSA) is 31.9 Å². The van der Waals surface area contributed by atoms with Crippen LogP contribution in [-0.4, -0.2) is 28.2 Å². The molecule has 0 bridgehead atoms. The Hall–Kier alpha value is -2.10. The molecule has 4 heteroatoms. The van der Waals surface area contributed by atoms with Crippen LogP contribution in [0.5, 0.6) is 0 Å². The SMILES string of the molecule is Clc1ccc(-c2cc(C3CCCN(Cc4ccccc4)C3)n[nH]2)cc1. The Morgan fingerprint density at radius 2 is 1.88 bits per heavy atom. The molecule has 3 aromatic rings. The molecule has 1 aromatic heterocycles. The van der Waals surface area contributed by atoms with Gasteiger partial charge in [0, 0.05) is 24.0 Å². The fourth-order valence-electron chi connectivity index (χ4n) is 3.61. The molecule has 1 aliphatic heterocycles. The highest BCUT2D eigenvalue weighted by Crippen LogP contribution is 2.29. The van der Waals surface area contributed by atoms with Crippen LogP contribution in [0.2, 0.25) is 5.02 Å². The van der Waals surface area contributed by atoms with Crippen molar-refractivity contribution in [1.29, 1.82) is 0 Å². The number of aromatic nitrogens is 2. The van der Waals surface area contributed by atoms with Gasteiger partial charge in [-0.3, -0.25) is 10.00 Å². The summed E-state index contributed by atoms with van der Waals surface area (Å²) in [6.07, 6.45) is 2.43. The maximum absolute atomic E-state index is 5.98. The van der Waals surface area contributed by atoms with Crippen molar-refractivity contribution in [2.75, 3.05) is 13.1 Å². The zero-order valence-corrected chi connectivity index (χ0v) is 14.9. The fraction of sp³-hybridized carbons (Fsp3) is 0.286. The van der Waals surface area contributed by atoms with E-state index >= 15 is 0 Å². The highest BCUT2D eigenvalue weighted by atomic mass is 35.5. The maximum atomic E-state index is 5.98. The normalized spacial score (nSPS) is 18.4. The van der Waals surface area contributed by atoms with Gasteiger partial charge in [-0.2, -0.15) is 5.10 Å². The number of halogens is 1. The average molecular weight is 352 g/mol. The van der Waals surface area contributed by atoms with Gasteiger partial charge in [0.25, 0.3) is 0 Å². The Labute approximate surface area is 153 Å². The van der Waals surface area contributed by atoms with Crippen LogP contribution in [-0.2, 0) is 6.54 Å². The first kappa shape index (κ1) is 16.4. The molecule has 0 radical (unpaired) electrons. The zero-order chi connectivity index (χ0) is 17.1. The van der Waals surface area contributed by atoms with Gasteiger partial charge in [0.05, 0.1) is 11.4 Å². The van der Waals surface area contributed by atoms with Crippen molar-refractivity contribution < 1.29 is 0 Å². The Bertz CT molecular complexity index is 811. The zero-order valence-electron chi connectivity index (χ0n) is 14.2. The highest BCUT2D eigenvalue weighted by Gasteiger charge is 2.23. The molecule has 0 amide bonds. The predicted molar refractivity (Wildman–Crippen MR) is 103 cm³/mol. The number of nitrogens with zero attached hydrogens (tertiary/aromatic N) is 2. The van der Waals surface area contributed by atoms with Gasteiger partial charge in [0.1, 0.15) is 0 Å². The van der Waals surface area contributed by atoms with Crippen molar-refractivity contribution in [3.05, 3.63) is 76.9 Å². The van der Waals surface area contributed by atoms with E-state index < -0.39 is 0 Å². The molecule has 2 heterocycles. The van der Waals surface area contributed by atoms with Gasteiger partial charge in [0.2, 0.25) is 0 Å². The first-order chi connectivity index (χ1) is 12.3. The highest BCUT2D eigenvalue weighted by molar-refractivity contribution is 6.30. The van der Waals surface area contributed by atoms with E-state index in [1.165, 1.54) is 30.6 Å². The number of hydrogen-bond donors (Lipinski definition) is 1. The molecule has 1 atom stereocenters. The van der Waals surface area contributed by atoms with E-state index in [1.807, 2.05) is 24.3 Å². The van der Waals surface area contributed by atoms with Gasteiger partial charge >= 0.3 is 0 Å². The fourth-order valence-corrected chi connectivity index (χ4v) is 3.73. The molecule has 0 aliphatic carbocycles. The second kappa shape index (κ2) is 7.42. The van der Waals surface area contributed by atoms with Crippen molar-refractivity contribution in [2.45, 2.75) is 25.3 Å². The smallest absolute Gasteiger partial charge is 0.0672 e. The summed E-state index contributed by atoms with van der Waals surface area (Å²) in [6, 6.07) is 20.8. The lowest BCUT2D eigenvalue weighted by Gasteiger charge is -2.31. The molecule has 25 heavy (non-hydrogen) atoms. The first-order valence-corrected chi connectivity index (χ1v) is 9.23. The van der Waals surface area contributed by atoms with Crippen LogP contribution >= 0.6 is 11.6 Å². The summed E-state index contributed by atoms with van der Waals surface area (Å²) in [6.45, 7) is 3.26. The Kier molecular flexibility index (Phi) is 4.86. The van der Waals surface area contributed by atoms with E-state index in [9.17, 15) is 0 Å². The number of hydrogen-bond acceptors (Lipinski definition) is 2. The number of rotatable bonds is 4. The van der Waals surface area contributed by atoms with Crippen LogP contribution in [0.25, 0.3) is 11.3 Å². The lowest BCUT2D eigenvalue weighted by molar-refractivity contribution is 0.198. The molecule has 4 rings (SSSR count). The molecule has 1 N–H and O–H groups in total. The number of piperidine rings is 1. The van der Waals surface area contributed by atoms with Crippen LogP contribution in [0, 0.1) is 0 Å². The van der Waals surface area contributed by atoms with Gasteiger partial charge < -0.3 is 0 Å². The molecule has 0 saturated carbocycles. The van der Waals surface area contributed by atoms with Crippen molar-refractivity contribution in [3.8, 4) is 11.3 Å². The third-order valence-corrected chi connectivity index (χ3v) is 5.18. The van der Waals surface area contributed by atoms with E-state index in [2.05, 4.69) is 51.5 Å². The van der Waals surface area contributed by atoms with Crippen LogP contribution in [0.1, 0.15) is 30.0 Å². The standard InChI is InChI=1S/C21H22ClN3/c22-19-10-8-17(9-11-19)20-13-21(24-23-20)18-7-4-12-25(15-18)14-16-5-2-1-3-6-16/h1-3,5-6,8-11,13,18H,4,7,12,14-15H2,(H,23,24). The molecular formula is C21H22ClN3. The number of likely N-dealkylation sites (tertiary alicyclic amines) is 1. The third kappa shape index (κ3) is 3.94. The minimum Gasteiger partial charge on any atom is -0.298 e. The molecule has 2 aromatic carbocycles. The van der Waals surface area contributed by atoms with E-state index in [0.717, 1.165) is 29.4 Å².